The molecule has 0 bridgehead atoms. The van der Waals surface area contributed by atoms with Crippen molar-refractivity contribution in [1.29, 1.82) is 0 Å². The van der Waals surface area contributed by atoms with E-state index in [0.717, 1.165) is 50.2 Å². The van der Waals surface area contributed by atoms with E-state index >= 15 is 0 Å². The van der Waals surface area contributed by atoms with E-state index in [1.165, 1.54) is 12.1 Å². The standard InChI is InChI=1S/C18H27N3O/c1-13-10-16(20(2)3)11-17(19-13)15-8-5-9-21(12-15)18(22)14-6-4-7-14/h10-11,14-15H,4-9,12H2,1-3H3. The van der Waals surface area contributed by atoms with Crippen LogP contribution in [-0.4, -0.2) is 43.0 Å². The molecule has 4 heteroatoms. The number of piperidine rings is 1. The van der Waals surface area contributed by atoms with Gasteiger partial charge in [0.2, 0.25) is 5.91 Å². The molecular formula is C18H27N3O. The summed E-state index contributed by atoms with van der Waals surface area (Å²) in [7, 11) is 4.12. The lowest BCUT2D eigenvalue weighted by Crippen LogP contribution is -2.44. The van der Waals surface area contributed by atoms with Crippen molar-refractivity contribution >= 4 is 11.6 Å². The van der Waals surface area contributed by atoms with E-state index < -0.39 is 0 Å². The minimum Gasteiger partial charge on any atom is -0.378 e. The van der Waals surface area contributed by atoms with Crippen LogP contribution in [0.25, 0.3) is 0 Å². The molecule has 0 spiro atoms. The summed E-state index contributed by atoms with van der Waals surface area (Å²) in [4.78, 5) is 21.5. The second kappa shape index (κ2) is 6.27. The van der Waals surface area contributed by atoms with Gasteiger partial charge in [-0.15, -0.1) is 0 Å². The molecule has 0 radical (unpaired) electrons. The molecular weight excluding hydrogens is 274 g/mol. The van der Waals surface area contributed by atoms with Gasteiger partial charge in [0.25, 0.3) is 0 Å². The highest BCUT2D eigenvalue weighted by Gasteiger charge is 2.33. The molecule has 1 saturated carbocycles. The SMILES string of the molecule is Cc1cc(N(C)C)cc(C2CCCN(C(=O)C3CCC3)C2)n1. The maximum absolute atomic E-state index is 12.5. The van der Waals surface area contributed by atoms with E-state index in [1.807, 2.05) is 0 Å². The lowest BCUT2D eigenvalue weighted by atomic mass is 9.83. The Kier molecular flexibility index (Phi) is 4.37. The molecule has 2 heterocycles. The number of carbonyl (C=O) groups is 1. The number of nitrogens with zero attached hydrogens (tertiary/aromatic N) is 3. The van der Waals surface area contributed by atoms with Crippen LogP contribution < -0.4 is 4.90 Å². The van der Waals surface area contributed by atoms with Crippen LogP contribution in [0.4, 0.5) is 5.69 Å². The minimum absolute atomic E-state index is 0.307. The van der Waals surface area contributed by atoms with E-state index in [0.29, 0.717) is 17.7 Å². The topological polar surface area (TPSA) is 36.4 Å². The van der Waals surface area contributed by atoms with Gasteiger partial charge in [-0.25, -0.2) is 0 Å². The zero-order chi connectivity index (χ0) is 15.7. The smallest absolute Gasteiger partial charge is 0.225 e. The number of aromatic nitrogens is 1. The van der Waals surface area contributed by atoms with Crippen molar-refractivity contribution in [2.45, 2.75) is 44.9 Å². The highest BCUT2D eigenvalue weighted by Crippen LogP contribution is 2.33. The number of carbonyl (C=O) groups excluding carboxylic acids is 1. The summed E-state index contributed by atoms with van der Waals surface area (Å²) >= 11 is 0. The molecule has 1 atom stereocenters. The summed E-state index contributed by atoms with van der Waals surface area (Å²) in [5.74, 6) is 1.08. The van der Waals surface area contributed by atoms with Crippen molar-refractivity contribution in [3.05, 3.63) is 23.5 Å². The minimum atomic E-state index is 0.307. The molecule has 3 rings (SSSR count). The first-order valence-electron chi connectivity index (χ1n) is 8.49. The third-order valence-electron chi connectivity index (χ3n) is 5.08. The zero-order valence-corrected chi connectivity index (χ0v) is 14.0. The average Bonchev–Trinajstić information content (AvgIpc) is 2.45. The first kappa shape index (κ1) is 15.3. The van der Waals surface area contributed by atoms with E-state index in [-0.39, 0.29) is 0 Å². The third kappa shape index (κ3) is 3.11. The molecule has 1 aromatic heterocycles. The average molecular weight is 301 g/mol. The maximum Gasteiger partial charge on any atom is 0.225 e. The van der Waals surface area contributed by atoms with E-state index in [4.69, 9.17) is 4.98 Å². The van der Waals surface area contributed by atoms with Gasteiger partial charge in [-0.3, -0.25) is 9.78 Å². The maximum atomic E-state index is 12.5. The van der Waals surface area contributed by atoms with Gasteiger partial charge in [0.15, 0.2) is 0 Å². The van der Waals surface area contributed by atoms with Crippen LogP contribution >= 0.6 is 0 Å². The van der Waals surface area contributed by atoms with Crippen molar-refractivity contribution in [2.75, 3.05) is 32.1 Å². The Balaban J connectivity index is 1.75. The van der Waals surface area contributed by atoms with Crippen LogP contribution in [0.15, 0.2) is 12.1 Å². The second-order valence-corrected chi connectivity index (χ2v) is 7.04. The zero-order valence-electron chi connectivity index (χ0n) is 14.0. The number of likely N-dealkylation sites (tertiary alicyclic amines) is 1. The molecule has 22 heavy (non-hydrogen) atoms. The number of hydrogen-bond acceptors (Lipinski definition) is 3. The van der Waals surface area contributed by atoms with Gasteiger partial charge in [-0.1, -0.05) is 6.42 Å². The molecule has 4 nitrogen and oxygen atoms in total. The summed E-state index contributed by atoms with van der Waals surface area (Å²) in [6.45, 7) is 3.83. The Morgan fingerprint density at radius 1 is 1.23 bits per heavy atom. The first-order chi connectivity index (χ1) is 10.5. The Morgan fingerprint density at radius 2 is 2.00 bits per heavy atom. The summed E-state index contributed by atoms with van der Waals surface area (Å²) in [6.07, 6.45) is 5.63. The lowest BCUT2D eigenvalue weighted by Gasteiger charge is -2.37. The Bertz CT molecular complexity index is 551. The van der Waals surface area contributed by atoms with Crippen molar-refractivity contribution in [3.8, 4) is 0 Å². The fraction of sp³-hybridized carbons (Fsp3) is 0.667. The highest BCUT2D eigenvalue weighted by molar-refractivity contribution is 5.79. The Morgan fingerprint density at radius 3 is 2.64 bits per heavy atom. The van der Waals surface area contributed by atoms with Crippen LogP contribution in [0.5, 0.6) is 0 Å². The summed E-state index contributed by atoms with van der Waals surface area (Å²) < 4.78 is 0. The van der Waals surface area contributed by atoms with Crippen molar-refractivity contribution < 1.29 is 4.79 Å². The first-order valence-corrected chi connectivity index (χ1v) is 8.49. The molecule has 0 aromatic carbocycles. The molecule has 1 amide bonds. The highest BCUT2D eigenvalue weighted by atomic mass is 16.2. The monoisotopic (exact) mass is 301 g/mol. The van der Waals surface area contributed by atoms with Crippen molar-refractivity contribution in [1.82, 2.24) is 9.88 Å². The van der Waals surface area contributed by atoms with Crippen LogP contribution in [0.3, 0.4) is 0 Å². The molecule has 1 saturated heterocycles. The summed E-state index contributed by atoms with van der Waals surface area (Å²) in [5, 5.41) is 0. The molecule has 2 aliphatic rings. The lowest BCUT2D eigenvalue weighted by molar-refractivity contribution is -0.139. The molecule has 1 aliphatic carbocycles. The number of anilines is 1. The Hall–Kier alpha value is -1.58. The number of rotatable bonds is 3. The molecule has 2 fully saturated rings. The van der Waals surface area contributed by atoms with Gasteiger partial charge in [0.1, 0.15) is 0 Å². The van der Waals surface area contributed by atoms with Gasteiger partial charge in [-0.05, 0) is 44.7 Å². The normalized spacial score (nSPS) is 22.3. The van der Waals surface area contributed by atoms with Gasteiger partial charge in [-0.2, -0.15) is 0 Å². The number of amides is 1. The van der Waals surface area contributed by atoms with Crippen molar-refractivity contribution in [2.24, 2.45) is 5.92 Å². The quantitative estimate of drug-likeness (QED) is 0.861. The van der Waals surface area contributed by atoms with Gasteiger partial charge in [0, 0.05) is 56.1 Å². The largest absolute Gasteiger partial charge is 0.378 e. The van der Waals surface area contributed by atoms with Gasteiger partial charge in [0.05, 0.1) is 0 Å². The number of hydrogen-bond donors (Lipinski definition) is 0. The van der Waals surface area contributed by atoms with E-state index in [9.17, 15) is 4.79 Å². The number of aryl methyl sites for hydroxylation is 1. The van der Waals surface area contributed by atoms with Crippen LogP contribution in [0, 0.1) is 12.8 Å². The fourth-order valence-electron chi connectivity index (χ4n) is 3.47. The molecule has 1 aromatic rings. The van der Waals surface area contributed by atoms with Crippen LogP contribution in [0.2, 0.25) is 0 Å². The van der Waals surface area contributed by atoms with Gasteiger partial charge >= 0.3 is 0 Å². The fourth-order valence-corrected chi connectivity index (χ4v) is 3.47. The molecule has 120 valence electrons. The third-order valence-corrected chi connectivity index (χ3v) is 5.08. The van der Waals surface area contributed by atoms with E-state index in [1.54, 1.807) is 0 Å². The summed E-state index contributed by atoms with van der Waals surface area (Å²) in [5.41, 5.74) is 3.41. The second-order valence-electron chi connectivity index (χ2n) is 7.04. The van der Waals surface area contributed by atoms with Crippen molar-refractivity contribution in [3.63, 3.8) is 0 Å². The Labute approximate surface area is 133 Å². The van der Waals surface area contributed by atoms with Gasteiger partial charge < -0.3 is 9.80 Å². The van der Waals surface area contributed by atoms with E-state index in [2.05, 4.69) is 43.0 Å². The number of pyridine rings is 1. The predicted octanol–water partition coefficient (Wildman–Crippen LogP) is 2.96. The molecule has 1 unspecified atom stereocenters. The van der Waals surface area contributed by atoms with Crippen LogP contribution in [0.1, 0.15) is 49.4 Å². The van der Waals surface area contributed by atoms with Crippen LogP contribution in [-0.2, 0) is 4.79 Å². The molecule has 0 N–H and O–H groups in total. The summed E-state index contributed by atoms with van der Waals surface area (Å²) in [6, 6.07) is 4.30. The predicted molar refractivity (Wildman–Crippen MR) is 89.2 cm³/mol. The molecule has 1 aliphatic heterocycles.